The predicted molar refractivity (Wildman–Crippen MR) is 54.7 cm³/mol. The lowest BCUT2D eigenvalue weighted by Gasteiger charge is -2.23. The van der Waals surface area contributed by atoms with E-state index in [1.54, 1.807) is 0 Å². The van der Waals surface area contributed by atoms with E-state index in [0.717, 1.165) is 36.2 Å². The molecule has 1 aliphatic carbocycles. The average Bonchev–Trinajstić information content (AvgIpc) is 2.46. The summed E-state index contributed by atoms with van der Waals surface area (Å²) in [7, 11) is 0. The fourth-order valence-corrected chi connectivity index (χ4v) is 1.93. The Morgan fingerprint density at radius 2 is 2.36 bits per heavy atom. The van der Waals surface area contributed by atoms with Crippen molar-refractivity contribution in [3.05, 3.63) is 23.2 Å². The molecule has 1 aromatic rings. The Morgan fingerprint density at radius 1 is 1.57 bits per heavy atom. The quantitative estimate of drug-likeness (QED) is 0.685. The first kappa shape index (κ1) is 9.50. The maximum absolute atomic E-state index is 10.8. The monoisotopic (exact) mass is 192 g/mol. The van der Waals surface area contributed by atoms with Crippen LogP contribution in [0, 0.1) is 0 Å². The Labute approximate surface area is 84.3 Å². The standard InChI is InChI=1S/C12H16O2/c1-2-4-11-7-10(8-13)12(14-11)9-5-3-6-9/h7-9H,2-6H2,1H3. The minimum Gasteiger partial charge on any atom is -0.465 e. The van der Waals surface area contributed by atoms with E-state index in [-0.39, 0.29) is 0 Å². The van der Waals surface area contributed by atoms with Crippen LogP contribution in [0.25, 0.3) is 0 Å². The molecule has 0 radical (unpaired) electrons. The van der Waals surface area contributed by atoms with E-state index < -0.39 is 0 Å². The van der Waals surface area contributed by atoms with Crippen molar-refractivity contribution in [2.75, 3.05) is 0 Å². The van der Waals surface area contributed by atoms with E-state index >= 15 is 0 Å². The fraction of sp³-hybridized carbons (Fsp3) is 0.583. The minimum atomic E-state index is 0.515. The van der Waals surface area contributed by atoms with Gasteiger partial charge in [0.25, 0.3) is 0 Å². The zero-order valence-electron chi connectivity index (χ0n) is 8.58. The Balaban J connectivity index is 2.22. The largest absolute Gasteiger partial charge is 0.465 e. The van der Waals surface area contributed by atoms with Crippen molar-refractivity contribution in [3.63, 3.8) is 0 Å². The molecule has 1 saturated carbocycles. The van der Waals surface area contributed by atoms with E-state index in [2.05, 4.69) is 6.92 Å². The summed E-state index contributed by atoms with van der Waals surface area (Å²) in [6.07, 6.45) is 6.56. The van der Waals surface area contributed by atoms with Crippen LogP contribution in [0.4, 0.5) is 0 Å². The van der Waals surface area contributed by atoms with Crippen LogP contribution < -0.4 is 0 Å². The van der Waals surface area contributed by atoms with Crippen LogP contribution in [0.15, 0.2) is 10.5 Å². The van der Waals surface area contributed by atoms with Crippen molar-refractivity contribution in [1.82, 2.24) is 0 Å². The minimum absolute atomic E-state index is 0.515. The maximum Gasteiger partial charge on any atom is 0.153 e. The molecule has 76 valence electrons. The maximum atomic E-state index is 10.8. The molecular formula is C12H16O2. The first-order valence-electron chi connectivity index (χ1n) is 5.43. The van der Waals surface area contributed by atoms with Gasteiger partial charge in [-0.3, -0.25) is 4.79 Å². The Morgan fingerprint density at radius 3 is 2.86 bits per heavy atom. The molecule has 0 atom stereocenters. The molecule has 0 spiro atoms. The topological polar surface area (TPSA) is 30.2 Å². The molecule has 0 unspecified atom stereocenters. The van der Waals surface area contributed by atoms with Gasteiger partial charge in [0, 0.05) is 12.3 Å². The van der Waals surface area contributed by atoms with Gasteiger partial charge in [-0.05, 0) is 25.3 Å². The Kier molecular flexibility index (Phi) is 2.71. The van der Waals surface area contributed by atoms with Crippen molar-refractivity contribution in [3.8, 4) is 0 Å². The number of hydrogen-bond acceptors (Lipinski definition) is 2. The number of furan rings is 1. The van der Waals surface area contributed by atoms with Gasteiger partial charge >= 0.3 is 0 Å². The van der Waals surface area contributed by atoms with Crippen LogP contribution in [-0.2, 0) is 6.42 Å². The van der Waals surface area contributed by atoms with E-state index in [1.807, 2.05) is 6.07 Å². The lowest BCUT2D eigenvalue weighted by atomic mass is 9.82. The molecule has 1 fully saturated rings. The van der Waals surface area contributed by atoms with Gasteiger partial charge in [-0.25, -0.2) is 0 Å². The van der Waals surface area contributed by atoms with Gasteiger partial charge in [0.15, 0.2) is 6.29 Å². The van der Waals surface area contributed by atoms with Crippen molar-refractivity contribution >= 4 is 6.29 Å². The number of carbonyl (C=O) groups excluding carboxylic acids is 1. The second-order valence-corrected chi connectivity index (χ2v) is 4.03. The molecule has 2 rings (SSSR count). The molecule has 1 aromatic heterocycles. The molecule has 14 heavy (non-hydrogen) atoms. The molecule has 2 heteroatoms. The van der Waals surface area contributed by atoms with Gasteiger partial charge in [-0.15, -0.1) is 0 Å². The molecular weight excluding hydrogens is 176 g/mol. The summed E-state index contributed by atoms with van der Waals surface area (Å²) in [6.45, 7) is 2.12. The SMILES string of the molecule is CCCc1cc(C=O)c(C2CCC2)o1. The van der Waals surface area contributed by atoms with Crippen molar-refractivity contribution < 1.29 is 9.21 Å². The number of aryl methyl sites for hydroxylation is 1. The summed E-state index contributed by atoms with van der Waals surface area (Å²) in [5, 5.41) is 0. The van der Waals surface area contributed by atoms with Gasteiger partial charge in [0.2, 0.25) is 0 Å². The summed E-state index contributed by atoms with van der Waals surface area (Å²) in [4.78, 5) is 10.8. The number of aldehydes is 1. The highest BCUT2D eigenvalue weighted by molar-refractivity contribution is 5.76. The van der Waals surface area contributed by atoms with Crippen LogP contribution in [0.1, 0.15) is 60.4 Å². The van der Waals surface area contributed by atoms with Gasteiger partial charge in [0.1, 0.15) is 11.5 Å². The van der Waals surface area contributed by atoms with Crippen molar-refractivity contribution in [2.45, 2.75) is 44.9 Å². The molecule has 0 bridgehead atoms. The summed E-state index contributed by atoms with van der Waals surface area (Å²) < 4.78 is 5.72. The lowest BCUT2D eigenvalue weighted by Crippen LogP contribution is -2.09. The molecule has 0 saturated heterocycles. The first-order valence-corrected chi connectivity index (χ1v) is 5.43. The van der Waals surface area contributed by atoms with Crippen LogP contribution in [0.2, 0.25) is 0 Å². The lowest BCUT2D eigenvalue weighted by molar-refractivity contribution is 0.112. The van der Waals surface area contributed by atoms with Gasteiger partial charge in [-0.1, -0.05) is 13.3 Å². The summed E-state index contributed by atoms with van der Waals surface area (Å²) in [5.74, 6) is 2.42. The molecule has 2 nitrogen and oxygen atoms in total. The van der Waals surface area contributed by atoms with Gasteiger partial charge in [-0.2, -0.15) is 0 Å². The molecule has 0 amide bonds. The predicted octanol–water partition coefficient (Wildman–Crippen LogP) is 3.31. The Hall–Kier alpha value is -1.05. The highest BCUT2D eigenvalue weighted by Crippen LogP contribution is 2.38. The third-order valence-electron chi connectivity index (χ3n) is 2.94. The van der Waals surface area contributed by atoms with Crippen LogP contribution in [-0.4, -0.2) is 6.29 Å². The third kappa shape index (κ3) is 1.61. The highest BCUT2D eigenvalue weighted by Gasteiger charge is 2.26. The second-order valence-electron chi connectivity index (χ2n) is 4.03. The second kappa shape index (κ2) is 3.99. The summed E-state index contributed by atoms with van der Waals surface area (Å²) >= 11 is 0. The van der Waals surface area contributed by atoms with Crippen LogP contribution in [0.5, 0.6) is 0 Å². The third-order valence-corrected chi connectivity index (χ3v) is 2.94. The molecule has 1 aliphatic rings. The molecule has 0 aliphatic heterocycles. The van der Waals surface area contributed by atoms with Gasteiger partial charge < -0.3 is 4.42 Å². The zero-order chi connectivity index (χ0) is 9.97. The highest BCUT2D eigenvalue weighted by atomic mass is 16.3. The van der Waals surface area contributed by atoms with Crippen LogP contribution in [0.3, 0.4) is 0 Å². The number of hydrogen-bond donors (Lipinski definition) is 0. The normalized spacial score (nSPS) is 16.6. The number of carbonyl (C=O) groups is 1. The molecule has 1 heterocycles. The van der Waals surface area contributed by atoms with E-state index in [4.69, 9.17) is 4.42 Å². The average molecular weight is 192 g/mol. The van der Waals surface area contributed by atoms with E-state index in [1.165, 1.54) is 19.3 Å². The van der Waals surface area contributed by atoms with Crippen LogP contribution >= 0.6 is 0 Å². The van der Waals surface area contributed by atoms with Crippen molar-refractivity contribution in [2.24, 2.45) is 0 Å². The smallest absolute Gasteiger partial charge is 0.153 e. The molecule has 0 aromatic carbocycles. The summed E-state index contributed by atoms with van der Waals surface area (Å²) in [6, 6.07) is 1.91. The van der Waals surface area contributed by atoms with E-state index in [9.17, 15) is 4.79 Å². The van der Waals surface area contributed by atoms with E-state index in [0.29, 0.717) is 5.92 Å². The first-order chi connectivity index (χ1) is 6.85. The Bertz CT molecular complexity index is 321. The fourth-order valence-electron chi connectivity index (χ4n) is 1.93. The summed E-state index contributed by atoms with van der Waals surface area (Å²) in [5.41, 5.74) is 0.776. The molecule has 0 N–H and O–H groups in total. The number of rotatable bonds is 4. The van der Waals surface area contributed by atoms with Crippen molar-refractivity contribution in [1.29, 1.82) is 0 Å². The van der Waals surface area contributed by atoms with Gasteiger partial charge in [0.05, 0.1) is 5.56 Å². The zero-order valence-corrected chi connectivity index (χ0v) is 8.58.